The standard InChI is InChI=1S/C14H15F2N7O2/c15-14(16)25-12-4-10(21-22-12)19-11-6-17-9-5-18-23(13(9)20-11)7-1-2-8(24)3-7/h4-8,14,24H,1-3H2,(H2,19,20,21,22). The Morgan fingerprint density at radius 3 is 3.00 bits per heavy atom. The van der Waals surface area contributed by atoms with Gasteiger partial charge in [-0.3, -0.25) is 5.10 Å². The monoisotopic (exact) mass is 351 g/mol. The quantitative estimate of drug-likeness (QED) is 0.644. The Kier molecular flexibility index (Phi) is 3.92. The van der Waals surface area contributed by atoms with E-state index in [9.17, 15) is 13.9 Å². The minimum atomic E-state index is -2.94. The fourth-order valence-corrected chi connectivity index (χ4v) is 2.96. The van der Waals surface area contributed by atoms with Crippen LogP contribution in [-0.4, -0.2) is 47.8 Å². The van der Waals surface area contributed by atoms with E-state index < -0.39 is 6.61 Å². The number of aliphatic hydroxyl groups is 1. The number of alkyl halides is 2. The summed E-state index contributed by atoms with van der Waals surface area (Å²) < 4.78 is 30.3. The molecule has 0 aliphatic heterocycles. The Morgan fingerprint density at radius 1 is 1.36 bits per heavy atom. The summed E-state index contributed by atoms with van der Waals surface area (Å²) in [5, 5.41) is 23.1. The summed E-state index contributed by atoms with van der Waals surface area (Å²) in [4.78, 5) is 8.77. The Labute approximate surface area is 140 Å². The molecule has 25 heavy (non-hydrogen) atoms. The summed E-state index contributed by atoms with van der Waals surface area (Å²) >= 11 is 0. The number of aromatic amines is 1. The number of hydrogen-bond donors (Lipinski definition) is 3. The number of nitrogens with zero attached hydrogens (tertiary/aromatic N) is 5. The summed E-state index contributed by atoms with van der Waals surface area (Å²) in [5.41, 5.74) is 1.23. The van der Waals surface area contributed by atoms with E-state index in [1.165, 1.54) is 12.3 Å². The molecule has 1 fully saturated rings. The summed E-state index contributed by atoms with van der Waals surface area (Å²) in [6, 6.07) is 1.37. The first-order valence-corrected chi connectivity index (χ1v) is 7.74. The van der Waals surface area contributed by atoms with Gasteiger partial charge in [0.15, 0.2) is 11.5 Å². The average Bonchev–Trinajstić information content (AvgIpc) is 3.27. The van der Waals surface area contributed by atoms with Crippen LogP contribution in [0.25, 0.3) is 11.2 Å². The lowest BCUT2D eigenvalue weighted by Gasteiger charge is -2.11. The van der Waals surface area contributed by atoms with Gasteiger partial charge in [-0.25, -0.2) is 14.6 Å². The van der Waals surface area contributed by atoms with Crippen LogP contribution in [0.1, 0.15) is 25.3 Å². The van der Waals surface area contributed by atoms with E-state index in [4.69, 9.17) is 0 Å². The van der Waals surface area contributed by atoms with Crippen LogP contribution in [0.2, 0.25) is 0 Å². The number of rotatable bonds is 5. The second kappa shape index (κ2) is 6.24. The van der Waals surface area contributed by atoms with Crippen LogP contribution in [0.3, 0.4) is 0 Å². The summed E-state index contributed by atoms with van der Waals surface area (Å²) in [7, 11) is 0. The van der Waals surface area contributed by atoms with E-state index in [1.54, 1.807) is 10.9 Å². The third-order valence-electron chi connectivity index (χ3n) is 4.05. The number of ether oxygens (including phenoxy) is 1. The number of aliphatic hydroxyl groups excluding tert-OH is 1. The fourth-order valence-electron chi connectivity index (χ4n) is 2.96. The van der Waals surface area contributed by atoms with Gasteiger partial charge < -0.3 is 15.2 Å². The minimum absolute atomic E-state index is 0.0789. The largest absolute Gasteiger partial charge is 0.415 e. The molecule has 9 nitrogen and oxygen atoms in total. The molecule has 2 atom stereocenters. The van der Waals surface area contributed by atoms with Crippen molar-refractivity contribution in [3.05, 3.63) is 18.5 Å². The lowest BCUT2D eigenvalue weighted by molar-refractivity contribution is -0.0528. The Morgan fingerprint density at radius 2 is 2.24 bits per heavy atom. The maximum Gasteiger partial charge on any atom is 0.388 e. The molecule has 4 rings (SSSR count). The predicted molar refractivity (Wildman–Crippen MR) is 82.7 cm³/mol. The maximum absolute atomic E-state index is 12.2. The minimum Gasteiger partial charge on any atom is -0.415 e. The molecule has 0 bridgehead atoms. The van der Waals surface area contributed by atoms with Crippen LogP contribution in [0.4, 0.5) is 20.4 Å². The molecule has 3 aromatic rings. The number of halogens is 2. The van der Waals surface area contributed by atoms with Crippen molar-refractivity contribution in [1.82, 2.24) is 29.9 Å². The van der Waals surface area contributed by atoms with Gasteiger partial charge in [-0.2, -0.15) is 13.9 Å². The first-order valence-electron chi connectivity index (χ1n) is 7.74. The van der Waals surface area contributed by atoms with Gasteiger partial charge in [0.2, 0.25) is 5.88 Å². The highest BCUT2D eigenvalue weighted by molar-refractivity contribution is 5.72. The van der Waals surface area contributed by atoms with Gasteiger partial charge in [0.25, 0.3) is 0 Å². The molecule has 1 aliphatic rings. The zero-order valence-electron chi connectivity index (χ0n) is 12.9. The lowest BCUT2D eigenvalue weighted by Crippen LogP contribution is -2.10. The third kappa shape index (κ3) is 3.22. The Balaban J connectivity index is 1.57. The Bertz CT molecular complexity index is 881. The number of hydrogen-bond acceptors (Lipinski definition) is 7. The first-order chi connectivity index (χ1) is 12.1. The van der Waals surface area contributed by atoms with Gasteiger partial charge in [-0.05, 0) is 19.3 Å². The van der Waals surface area contributed by atoms with E-state index in [0.29, 0.717) is 29.2 Å². The number of H-pyrrole nitrogens is 1. The smallest absolute Gasteiger partial charge is 0.388 e. The summed E-state index contributed by atoms with van der Waals surface area (Å²) in [6.07, 6.45) is 5.00. The van der Waals surface area contributed by atoms with Crippen LogP contribution < -0.4 is 10.1 Å². The molecule has 1 aliphatic carbocycles. The highest BCUT2D eigenvalue weighted by atomic mass is 19.3. The molecule has 0 radical (unpaired) electrons. The van der Waals surface area contributed by atoms with E-state index in [-0.39, 0.29) is 18.0 Å². The van der Waals surface area contributed by atoms with E-state index >= 15 is 0 Å². The molecule has 2 unspecified atom stereocenters. The van der Waals surface area contributed by atoms with Crippen molar-refractivity contribution in [3.63, 3.8) is 0 Å². The zero-order chi connectivity index (χ0) is 17.4. The lowest BCUT2D eigenvalue weighted by atomic mass is 10.2. The second-order valence-corrected chi connectivity index (χ2v) is 5.80. The molecule has 132 valence electrons. The molecular formula is C14H15F2N7O2. The van der Waals surface area contributed by atoms with Crippen molar-refractivity contribution in [1.29, 1.82) is 0 Å². The van der Waals surface area contributed by atoms with Gasteiger partial charge in [-0.1, -0.05) is 0 Å². The molecule has 0 aromatic carbocycles. The zero-order valence-corrected chi connectivity index (χ0v) is 12.9. The van der Waals surface area contributed by atoms with Gasteiger partial charge in [-0.15, -0.1) is 5.10 Å². The van der Waals surface area contributed by atoms with Gasteiger partial charge in [0.05, 0.1) is 24.5 Å². The van der Waals surface area contributed by atoms with Crippen LogP contribution in [0.15, 0.2) is 18.5 Å². The van der Waals surface area contributed by atoms with E-state index in [2.05, 4.69) is 35.3 Å². The molecule has 1 saturated carbocycles. The molecular weight excluding hydrogens is 336 g/mol. The molecule has 3 N–H and O–H groups in total. The second-order valence-electron chi connectivity index (χ2n) is 5.80. The number of fused-ring (bicyclic) bond motifs is 1. The Hall–Kier alpha value is -2.82. The number of anilines is 2. The van der Waals surface area contributed by atoms with Crippen molar-refractivity contribution in [2.24, 2.45) is 0 Å². The average molecular weight is 351 g/mol. The molecule has 0 spiro atoms. The molecule has 0 saturated heterocycles. The number of nitrogens with one attached hydrogen (secondary N) is 2. The molecule has 11 heteroatoms. The third-order valence-corrected chi connectivity index (χ3v) is 4.05. The van der Waals surface area contributed by atoms with Crippen molar-refractivity contribution >= 4 is 22.8 Å². The summed E-state index contributed by atoms with van der Waals surface area (Å²) in [5.74, 6) is 0.517. The molecule has 3 aromatic heterocycles. The van der Waals surface area contributed by atoms with Crippen LogP contribution in [0.5, 0.6) is 5.88 Å². The van der Waals surface area contributed by atoms with Crippen molar-refractivity contribution < 1.29 is 18.6 Å². The topological polar surface area (TPSA) is 114 Å². The maximum atomic E-state index is 12.2. The van der Waals surface area contributed by atoms with Crippen molar-refractivity contribution in [2.75, 3.05) is 5.32 Å². The highest BCUT2D eigenvalue weighted by Gasteiger charge is 2.26. The van der Waals surface area contributed by atoms with Crippen LogP contribution >= 0.6 is 0 Å². The predicted octanol–water partition coefficient (Wildman–Crippen LogP) is 1.98. The van der Waals surface area contributed by atoms with Gasteiger partial charge >= 0.3 is 6.61 Å². The van der Waals surface area contributed by atoms with E-state index in [0.717, 1.165) is 12.8 Å². The first kappa shape index (κ1) is 15.7. The van der Waals surface area contributed by atoms with Crippen molar-refractivity contribution in [3.8, 4) is 5.88 Å². The highest BCUT2D eigenvalue weighted by Crippen LogP contribution is 2.31. The van der Waals surface area contributed by atoms with Gasteiger partial charge in [0, 0.05) is 6.07 Å². The van der Waals surface area contributed by atoms with Crippen molar-refractivity contribution in [2.45, 2.75) is 38.0 Å². The van der Waals surface area contributed by atoms with Crippen LogP contribution in [0, 0.1) is 0 Å². The summed E-state index contributed by atoms with van der Waals surface area (Å²) in [6.45, 7) is -2.94. The molecule has 3 heterocycles. The SMILES string of the molecule is OC1CCC(n2ncc3ncc(Nc4cc(OC(F)F)n[nH]4)nc32)C1. The number of aromatic nitrogens is 6. The van der Waals surface area contributed by atoms with Gasteiger partial charge in [0.1, 0.15) is 11.3 Å². The van der Waals surface area contributed by atoms with Crippen LogP contribution in [-0.2, 0) is 0 Å². The molecule has 0 amide bonds. The normalized spacial score (nSPS) is 20.5. The fraction of sp³-hybridized carbons (Fsp3) is 0.429. The van der Waals surface area contributed by atoms with E-state index in [1.807, 2.05) is 0 Å².